The molecule has 6 aromatic carbocycles. The molecule has 60 heavy (non-hydrogen) atoms. The summed E-state index contributed by atoms with van der Waals surface area (Å²) < 4.78 is 22.1. The Bertz CT molecular complexity index is 2110. The minimum absolute atomic E-state index is 0.102. The van der Waals surface area contributed by atoms with Crippen LogP contribution in [-0.4, -0.2) is 51.4 Å². The van der Waals surface area contributed by atoms with Crippen LogP contribution < -0.4 is 30.4 Å². The molecule has 0 aliphatic rings. The van der Waals surface area contributed by atoms with Gasteiger partial charge in [-0.15, -0.1) is 0 Å². The Labute approximate surface area is 346 Å². The van der Waals surface area contributed by atoms with Gasteiger partial charge < -0.3 is 50.8 Å². The first-order valence-corrected chi connectivity index (χ1v) is 18.2. The van der Waals surface area contributed by atoms with Gasteiger partial charge in [0, 0.05) is 18.2 Å². The first-order chi connectivity index (χ1) is 28.8. The minimum atomic E-state index is -1.31. The topological polar surface area (TPSA) is 238 Å². The maximum Gasteiger partial charge on any atom is 0.314 e. The number of hydrogen-bond acceptors (Lipinski definition) is 10. The number of ether oxygens (including phenoxy) is 4. The van der Waals surface area contributed by atoms with Gasteiger partial charge in [-0.2, -0.15) is 0 Å². The molecule has 2 unspecified atom stereocenters. The summed E-state index contributed by atoms with van der Waals surface area (Å²) >= 11 is 0. The number of aliphatic carboxylic acids is 4. The average molecular weight is 819 g/mol. The second-order valence-corrected chi connectivity index (χ2v) is 12.4. The van der Waals surface area contributed by atoms with Crippen LogP contribution in [0.5, 0.6) is 40.2 Å². The normalized spacial score (nSPS) is 10.8. The van der Waals surface area contributed by atoms with E-state index in [-0.39, 0.29) is 12.8 Å². The molecule has 14 nitrogen and oxygen atoms in total. The van der Waals surface area contributed by atoms with Gasteiger partial charge in [0.05, 0.1) is 20.0 Å². The van der Waals surface area contributed by atoms with E-state index in [2.05, 4.69) is 0 Å². The van der Waals surface area contributed by atoms with E-state index in [0.717, 1.165) is 39.9 Å². The molecule has 0 heterocycles. The summed E-state index contributed by atoms with van der Waals surface area (Å²) in [6.45, 7) is 0. The van der Waals surface area contributed by atoms with Crippen molar-refractivity contribution >= 4 is 23.9 Å². The average Bonchev–Trinajstić information content (AvgIpc) is 3.22. The Morgan fingerprint density at radius 2 is 0.717 bits per heavy atom. The van der Waals surface area contributed by atoms with E-state index in [1.165, 1.54) is 0 Å². The lowest BCUT2D eigenvalue weighted by Gasteiger charge is -2.11. The van der Waals surface area contributed by atoms with Crippen molar-refractivity contribution in [3.63, 3.8) is 0 Å². The monoisotopic (exact) mass is 818 g/mol. The third kappa shape index (κ3) is 19.0. The van der Waals surface area contributed by atoms with Crippen LogP contribution >= 0.6 is 0 Å². The smallest absolute Gasteiger partial charge is 0.314 e. The van der Waals surface area contributed by atoms with Crippen LogP contribution in [0.25, 0.3) is 0 Å². The molecule has 6 aromatic rings. The molecular formula is C46H46N2O12. The van der Waals surface area contributed by atoms with Crippen LogP contribution in [-0.2, 0) is 19.2 Å². The molecule has 0 bridgehead atoms. The van der Waals surface area contributed by atoms with E-state index >= 15 is 0 Å². The Morgan fingerprint density at radius 1 is 0.417 bits per heavy atom. The van der Waals surface area contributed by atoms with E-state index in [0.29, 0.717) is 11.5 Å². The lowest BCUT2D eigenvalue weighted by Crippen LogP contribution is -2.14. The van der Waals surface area contributed by atoms with Crippen molar-refractivity contribution in [3.05, 3.63) is 175 Å². The van der Waals surface area contributed by atoms with Crippen LogP contribution in [0.1, 0.15) is 42.5 Å². The molecule has 0 radical (unpaired) electrons. The molecule has 8 N–H and O–H groups in total. The molecule has 0 aliphatic carbocycles. The third-order valence-electron chi connectivity index (χ3n) is 7.64. The molecular weight excluding hydrogens is 773 g/mol. The lowest BCUT2D eigenvalue weighted by molar-refractivity contribution is -0.147. The van der Waals surface area contributed by atoms with Gasteiger partial charge in [-0.25, -0.2) is 0 Å². The first-order valence-electron chi connectivity index (χ1n) is 18.2. The van der Waals surface area contributed by atoms with Gasteiger partial charge in [0.2, 0.25) is 0 Å². The molecule has 0 aromatic heterocycles. The Morgan fingerprint density at radius 3 is 1.02 bits per heavy atom. The standard InChI is InChI=1S/2C15H15NO3.C13H12O2.C3H4O4/c2*16-14(10-15(17)18)11-5-4-8-13(9-11)19-12-6-2-1-3-7-12;1-14-12-8-5-9-13(10-12)15-11-6-3-2-4-7-11;4-2(5)1-3(6)7/h2*1-9,14H,10,16H2,(H,17,18);2-10H,1H3;1H2,(H,4,5)(H,6,7). The van der Waals surface area contributed by atoms with Crippen LogP contribution in [0.3, 0.4) is 0 Å². The molecule has 312 valence electrons. The summed E-state index contributed by atoms with van der Waals surface area (Å²) in [5, 5.41) is 32.9. The maximum absolute atomic E-state index is 10.6. The number of carboxylic acids is 4. The molecule has 0 aliphatic heterocycles. The number of benzene rings is 6. The number of carbonyl (C=O) groups is 4. The molecule has 2 atom stereocenters. The molecule has 0 saturated carbocycles. The van der Waals surface area contributed by atoms with Crippen molar-refractivity contribution in [2.75, 3.05) is 7.11 Å². The predicted octanol–water partition coefficient (Wildman–Crippen LogP) is 8.94. The van der Waals surface area contributed by atoms with Crippen LogP contribution in [0.2, 0.25) is 0 Å². The zero-order valence-electron chi connectivity index (χ0n) is 32.6. The Balaban J connectivity index is 0.000000224. The highest BCUT2D eigenvalue weighted by molar-refractivity contribution is 5.88. The fourth-order valence-corrected chi connectivity index (χ4v) is 4.90. The quantitative estimate of drug-likeness (QED) is 0.0531. The second kappa shape index (κ2) is 25.5. The number of methoxy groups -OCH3 is 1. The van der Waals surface area contributed by atoms with E-state index in [4.69, 9.17) is 50.8 Å². The van der Waals surface area contributed by atoms with Gasteiger partial charge in [-0.1, -0.05) is 84.9 Å². The number of hydrogen-bond donors (Lipinski definition) is 6. The first kappa shape index (κ1) is 46.7. The van der Waals surface area contributed by atoms with Crippen molar-refractivity contribution in [1.29, 1.82) is 0 Å². The second-order valence-electron chi connectivity index (χ2n) is 12.4. The van der Waals surface area contributed by atoms with E-state index < -0.39 is 42.4 Å². The van der Waals surface area contributed by atoms with Crippen molar-refractivity contribution in [2.45, 2.75) is 31.3 Å². The Kier molecular flexibility index (Phi) is 19.9. The summed E-state index contributed by atoms with van der Waals surface area (Å²) in [5.41, 5.74) is 13.1. The van der Waals surface area contributed by atoms with Gasteiger partial charge in [-0.3, -0.25) is 19.2 Å². The zero-order valence-corrected chi connectivity index (χ0v) is 32.6. The summed E-state index contributed by atoms with van der Waals surface area (Å²) in [5.74, 6) is 0.686. The fraction of sp³-hybridized carbons (Fsp3) is 0.130. The van der Waals surface area contributed by atoms with Crippen molar-refractivity contribution in [1.82, 2.24) is 0 Å². The summed E-state index contributed by atoms with van der Waals surface area (Å²) in [7, 11) is 1.64. The molecule has 0 spiro atoms. The summed E-state index contributed by atoms with van der Waals surface area (Å²) in [6, 6.07) is 49.2. The summed E-state index contributed by atoms with van der Waals surface area (Å²) in [6.07, 6.45) is -1.01. The van der Waals surface area contributed by atoms with Crippen LogP contribution in [0, 0.1) is 0 Å². The molecule has 0 saturated heterocycles. The van der Waals surface area contributed by atoms with Gasteiger partial charge in [0.15, 0.2) is 0 Å². The molecule has 0 fully saturated rings. The highest BCUT2D eigenvalue weighted by Gasteiger charge is 2.12. The van der Waals surface area contributed by atoms with Crippen molar-refractivity contribution < 1.29 is 58.6 Å². The number of rotatable bonds is 15. The number of nitrogens with two attached hydrogens (primary N) is 2. The van der Waals surface area contributed by atoms with Gasteiger partial charge in [0.1, 0.15) is 46.7 Å². The van der Waals surface area contributed by atoms with Gasteiger partial charge >= 0.3 is 23.9 Å². The molecule has 6 rings (SSSR count). The van der Waals surface area contributed by atoms with Crippen LogP contribution in [0.4, 0.5) is 0 Å². The summed E-state index contributed by atoms with van der Waals surface area (Å²) in [4.78, 5) is 40.2. The fourth-order valence-electron chi connectivity index (χ4n) is 4.90. The van der Waals surface area contributed by atoms with E-state index in [1.807, 2.05) is 127 Å². The largest absolute Gasteiger partial charge is 0.497 e. The van der Waals surface area contributed by atoms with Gasteiger partial charge in [-0.05, 0) is 83.9 Å². The highest BCUT2D eigenvalue weighted by Crippen LogP contribution is 2.27. The third-order valence-corrected chi connectivity index (χ3v) is 7.64. The van der Waals surface area contributed by atoms with E-state index in [1.54, 1.807) is 43.5 Å². The predicted molar refractivity (Wildman–Crippen MR) is 224 cm³/mol. The minimum Gasteiger partial charge on any atom is -0.497 e. The lowest BCUT2D eigenvalue weighted by atomic mass is 10.0. The van der Waals surface area contributed by atoms with Gasteiger partial charge in [0.25, 0.3) is 0 Å². The molecule has 14 heteroatoms. The maximum atomic E-state index is 10.6. The highest BCUT2D eigenvalue weighted by atomic mass is 16.5. The van der Waals surface area contributed by atoms with Crippen molar-refractivity contribution in [3.8, 4) is 40.2 Å². The van der Waals surface area contributed by atoms with Crippen LogP contribution in [0.15, 0.2) is 164 Å². The molecule has 0 amide bonds. The number of para-hydroxylation sites is 3. The SMILES string of the molecule is COc1cccc(Oc2ccccc2)c1.NC(CC(=O)O)c1cccc(Oc2ccccc2)c1.NC(CC(=O)O)c1cccc(Oc2ccccc2)c1.O=C(O)CC(=O)O. The zero-order chi connectivity index (χ0) is 43.7. The van der Waals surface area contributed by atoms with Crippen molar-refractivity contribution in [2.24, 2.45) is 11.5 Å². The Hall–Kier alpha value is -7.68. The van der Waals surface area contributed by atoms with E-state index in [9.17, 15) is 19.2 Å². The number of carboxylic acid groups (broad SMARTS) is 4.